The predicted octanol–water partition coefficient (Wildman–Crippen LogP) is 4.18. The van der Waals surface area contributed by atoms with Gasteiger partial charge in [-0.3, -0.25) is 4.68 Å². The Morgan fingerprint density at radius 3 is 2.71 bits per heavy atom. The van der Waals surface area contributed by atoms with E-state index in [1.165, 1.54) is 35.1 Å². The summed E-state index contributed by atoms with van der Waals surface area (Å²) in [6.45, 7) is 5.24. The molecule has 17 heavy (non-hydrogen) atoms. The van der Waals surface area contributed by atoms with Crippen LogP contribution in [0.15, 0.2) is 4.47 Å². The van der Waals surface area contributed by atoms with E-state index in [0.29, 0.717) is 11.3 Å². The quantitative estimate of drug-likeness (QED) is 0.761. The van der Waals surface area contributed by atoms with Gasteiger partial charge in [0.05, 0.1) is 15.9 Å². The zero-order valence-corrected chi connectivity index (χ0v) is 12.9. The molecule has 0 amide bonds. The topological polar surface area (TPSA) is 17.8 Å². The number of hydrogen-bond donors (Lipinski definition) is 0. The van der Waals surface area contributed by atoms with Crippen molar-refractivity contribution in [3.05, 3.63) is 15.9 Å². The van der Waals surface area contributed by atoms with Crippen molar-refractivity contribution < 1.29 is 0 Å². The monoisotopic (exact) mass is 318 g/mol. The minimum Gasteiger partial charge on any atom is -0.268 e. The summed E-state index contributed by atoms with van der Waals surface area (Å²) in [7, 11) is 0. The average molecular weight is 320 g/mol. The molecule has 1 fully saturated rings. The Balaban J connectivity index is 2.21. The summed E-state index contributed by atoms with van der Waals surface area (Å²) in [5.74, 6) is 0.625. The molecule has 2 atom stereocenters. The van der Waals surface area contributed by atoms with Gasteiger partial charge >= 0.3 is 0 Å². The first-order chi connectivity index (χ1) is 8.17. The van der Waals surface area contributed by atoms with E-state index < -0.39 is 0 Å². The van der Waals surface area contributed by atoms with Crippen LogP contribution in [-0.2, 0) is 19.4 Å². The van der Waals surface area contributed by atoms with Crippen molar-refractivity contribution in [2.75, 3.05) is 0 Å². The largest absolute Gasteiger partial charge is 0.268 e. The van der Waals surface area contributed by atoms with Crippen LogP contribution in [-0.4, -0.2) is 15.2 Å². The normalized spacial score (nSPS) is 24.5. The van der Waals surface area contributed by atoms with E-state index in [-0.39, 0.29) is 0 Å². The lowest BCUT2D eigenvalue weighted by atomic mass is 10.0. The molecule has 1 aliphatic rings. The lowest BCUT2D eigenvalue weighted by Crippen LogP contribution is -2.14. The molecule has 2 nitrogen and oxygen atoms in total. The fourth-order valence-corrected chi connectivity index (χ4v) is 3.78. The van der Waals surface area contributed by atoms with E-state index in [1.807, 2.05) is 0 Å². The number of alkyl halides is 1. The summed E-state index contributed by atoms with van der Waals surface area (Å²) in [6, 6.07) is 0. The van der Waals surface area contributed by atoms with Crippen molar-refractivity contribution in [3.8, 4) is 0 Å². The smallest absolute Gasteiger partial charge is 0.0766 e. The van der Waals surface area contributed by atoms with Crippen LogP contribution in [0.1, 0.15) is 44.5 Å². The van der Waals surface area contributed by atoms with Gasteiger partial charge in [0.25, 0.3) is 0 Å². The van der Waals surface area contributed by atoms with Crippen LogP contribution < -0.4 is 0 Å². The van der Waals surface area contributed by atoms with Crippen molar-refractivity contribution in [3.63, 3.8) is 0 Å². The van der Waals surface area contributed by atoms with E-state index >= 15 is 0 Å². The lowest BCUT2D eigenvalue weighted by molar-refractivity contribution is 0.510. The minimum atomic E-state index is 0.354. The summed E-state index contributed by atoms with van der Waals surface area (Å²) in [5, 5.41) is 4.99. The van der Waals surface area contributed by atoms with Crippen molar-refractivity contribution in [2.45, 2.75) is 57.9 Å². The number of aryl methyl sites for hydroxylation is 2. The molecule has 0 spiro atoms. The fourth-order valence-electron chi connectivity index (χ4n) is 2.68. The van der Waals surface area contributed by atoms with Gasteiger partial charge in [0, 0.05) is 11.9 Å². The molecular weight excluding hydrogens is 300 g/mol. The van der Waals surface area contributed by atoms with Crippen LogP contribution in [0.5, 0.6) is 0 Å². The Morgan fingerprint density at radius 1 is 1.41 bits per heavy atom. The van der Waals surface area contributed by atoms with Gasteiger partial charge in [-0.15, -0.1) is 11.6 Å². The highest BCUT2D eigenvalue weighted by Crippen LogP contribution is 2.35. The van der Waals surface area contributed by atoms with E-state index in [0.717, 1.165) is 19.4 Å². The van der Waals surface area contributed by atoms with Crippen molar-refractivity contribution in [2.24, 2.45) is 5.92 Å². The molecule has 1 aliphatic carbocycles. The Bertz CT molecular complexity index is 389. The molecule has 2 unspecified atom stereocenters. The Kier molecular flexibility index (Phi) is 4.53. The minimum absolute atomic E-state index is 0.354. The maximum Gasteiger partial charge on any atom is 0.0766 e. The molecule has 0 aliphatic heterocycles. The molecule has 1 aromatic rings. The molecule has 4 heteroatoms. The zero-order chi connectivity index (χ0) is 12.4. The molecule has 0 radical (unpaired) electrons. The van der Waals surface area contributed by atoms with Crippen LogP contribution in [0, 0.1) is 5.92 Å². The highest BCUT2D eigenvalue weighted by molar-refractivity contribution is 9.10. The van der Waals surface area contributed by atoms with Gasteiger partial charge in [0.15, 0.2) is 0 Å². The summed E-state index contributed by atoms with van der Waals surface area (Å²) in [4.78, 5) is 0. The Labute approximate surface area is 117 Å². The first-order valence-corrected chi connectivity index (χ1v) is 7.78. The molecule has 1 saturated carbocycles. The van der Waals surface area contributed by atoms with Crippen LogP contribution in [0.2, 0.25) is 0 Å². The first kappa shape index (κ1) is 13.4. The maximum absolute atomic E-state index is 6.37. The van der Waals surface area contributed by atoms with Gasteiger partial charge in [-0.25, -0.2) is 0 Å². The second kappa shape index (κ2) is 5.75. The van der Waals surface area contributed by atoms with Crippen LogP contribution in [0.3, 0.4) is 0 Å². The SMILES string of the molecule is CCc1nn(CC)c(CC2CCCC2Cl)c1Br. The number of nitrogens with zero attached hydrogens (tertiary/aromatic N) is 2. The molecule has 96 valence electrons. The predicted molar refractivity (Wildman–Crippen MR) is 75.7 cm³/mol. The van der Waals surface area contributed by atoms with Crippen LogP contribution >= 0.6 is 27.5 Å². The number of halogens is 2. The third-order valence-corrected chi connectivity index (χ3v) is 5.21. The molecule has 0 saturated heterocycles. The molecule has 0 aromatic carbocycles. The van der Waals surface area contributed by atoms with E-state index in [1.54, 1.807) is 0 Å². The Hall–Kier alpha value is -0.0200. The van der Waals surface area contributed by atoms with Crippen LogP contribution in [0.25, 0.3) is 0 Å². The molecule has 1 aromatic heterocycles. The summed E-state index contributed by atoms with van der Waals surface area (Å²) < 4.78 is 3.34. The lowest BCUT2D eigenvalue weighted by Gasteiger charge is -2.14. The zero-order valence-electron chi connectivity index (χ0n) is 10.5. The second-order valence-electron chi connectivity index (χ2n) is 4.79. The number of aromatic nitrogens is 2. The highest BCUT2D eigenvalue weighted by Gasteiger charge is 2.28. The number of rotatable bonds is 4. The van der Waals surface area contributed by atoms with Gasteiger partial charge in [-0.05, 0) is 54.5 Å². The van der Waals surface area contributed by atoms with Gasteiger partial charge in [0.1, 0.15) is 0 Å². The van der Waals surface area contributed by atoms with Gasteiger partial charge in [-0.1, -0.05) is 13.3 Å². The molecule has 1 heterocycles. The van der Waals surface area contributed by atoms with Crippen molar-refractivity contribution >= 4 is 27.5 Å². The van der Waals surface area contributed by atoms with E-state index in [4.69, 9.17) is 11.6 Å². The van der Waals surface area contributed by atoms with E-state index in [9.17, 15) is 0 Å². The Morgan fingerprint density at radius 2 is 2.18 bits per heavy atom. The fraction of sp³-hybridized carbons (Fsp3) is 0.769. The molecular formula is C13H20BrClN2. The molecule has 2 rings (SSSR count). The van der Waals surface area contributed by atoms with Crippen molar-refractivity contribution in [1.82, 2.24) is 9.78 Å². The van der Waals surface area contributed by atoms with Gasteiger partial charge in [-0.2, -0.15) is 5.10 Å². The first-order valence-electron chi connectivity index (χ1n) is 6.55. The second-order valence-corrected chi connectivity index (χ2v) is 6.14. The summed E-state index contributed by atoms with van der Waals surface area (Å²) in [5.41, 5.74) is 2.51. The molecule has 0 bridgehead atoms. The number of hydrogen-bond acceptors (Lipinski definition) is 1. The van der Waals surface area contributed by atoms with Gasteiger partial charge < -0.3 is 0 Å². The van der Waals surface area contributed by atoms with E-state index in [2.05, 4.69) is 39.6 Å². The highest BCUT2D eigenvalue weighted by atomic mass is 79.9. The standard InChI is InChI=1S/C13H20BrClN2/c1-3-11-13(14)12(17(4-2)16-11)8-9-6-5-7-10(9)15/h9-10H,3-8H2,1-2H3. The average Bonchev–Trinajstić information content (AvgIpc) is 2.86. The summed E-state index contributed by atoms with van der Waals surface area (Å²) >= 11 is 10.1. The third kappa shape index (κ3) is 2.70. The van der Waals surface area contributed by atoms with Crippen molar-refractivity contribution in [1.29, 1.82) is 0 Å². The molecule has 0 N–H and O–H groups in total. The van der Waals surface area contributed by atoms with Gasteiger partial charge in [0.2, 0.25) is 0 Å². The maximum atomic E-state index is 6.37. The third-order valence-electron chi connectivity index (χ3n) is 3.72. The van der Waals surface area contributed by atoms with Crippen LogP contribution in [0.4, 0.5) is 0 Å². The summed E-state index contributed by atoms with van der Waals surface area (Å²) in [6.07, 6.45) is 5.75.